The van der Waals surface area contributed by atoms with Gasteiger partial charge in [0.05, 0.1) is 23.2 Å². The van der Waals surface area contributed by atoms with E-state index in [0.29, 0.717) is 5.92 Å². The van der Waals surface area contributed by atoms with E-state index in [4.69, 9.17) is 4.74 Å². The van der Waals surface area contributed by atoms with E-state index in [9.17, 15) is 4.79 Å². The Morgan fingerprint density at radius 1 is 1.39 bits per heavy atom. The van der Waals surface area contributed by atoms with Gasteiger partial charge in [-0.2, -0.15) is 0 Å². The summed E-state index contributed by atoms with van der Waals surface area (Å²) < 4.78 is 4.90. The van der Waals surface area contributed by atoms with Gasteiger partial charge in [0.25, 0.3) is 0 Å². The maximum atomic E-state index is 11.9. The molecule has 0 aliphatic heterocycles. The lowest BCUT2D eigenvalue weighted by atomic mass is 9.90. The first kappa shape index (κ1) is 13.5. The van der Waals surface area contributed by atoms with Crippen molar-refractivity contribution in [3.05, 3.63) is 15.6 Å². The first-order chi connectivity index (χ1) is 8.46. The van der Waals surface area contributed by atoms with E-state index in [1.807, 2.05) is 20.8 Å². The van der Waals surface area contributed by atoms with Gasteiger partial charge in [-0.05, 0) is 33.6 Å². The number of esters is 1. The van der Waals surface area contributed by atoms with Crippen LogP contribution in [0.25, 0.3) is 0 Å². The van der Waals surface area contributed by atoms with Crippen LogP contribution in [0.5, 0.6) is 0 Å². The van der Waals surface area contributed by atoms with Crippen LogP contribution in [-0.2, 0) is 14.9 Å². The van der Waals surface area contributed by atoms with Gasteiger partial charge in [-0.3, -0.25) is 4.79 Å². The second-order valence-electron chi connectivity index (χ2n) is 5.56. The zero-order valence-corrected chi connectivity index (χ0v) is 12.4. The van der Waals surface area contributed by atoms with E-state index >= 15 is 0 Å². The Kier molecular flexibility index (Phi) is 3.76. The number of methoxy groups -OCH3 is 1. The Balaban J connectivity index is 2.31. The summed E-state index contributed by atoms with van der Waals surface area (Å²) in [7, 11) is 1.44. The van der Waals surface area contributed by atoms with Crippen molar-refractivity contribution >= 4 is 17.3 Å². The molecule has 0 N–H and O–H groups in total. The molecule has 100 valence electrons. The summed E-state index contributed by atoms with van der Waals surface area (Å²) in [6, 6.07) is 0. The second kappa shape index (κ2) is 5.00. The largest absolute Gasteiger partial charge is 0.468 e. The molecule has 4 heteroatoms. The normalized spacial score (nSPS) is 17.1. The van der Waals surface area contributed by atoms with Gasteiger partial charge in [-0.1, -0.05) is 12.8 Å². The Hall–Kier alpha value is -0.900. The molecule has 2 rings (SSSR count). The molecule has 1 saturated carbocycles. The van der Waals surface area contributed by atoms with Crippen LogP contribution in [0.3, 0.4) is 0 Å². The number of ether oxygens (including phenoxy) is 1. The summed E-state index contributed by atoms with van der Waals surface area (Å²) in [6.45, 7) is 5.82. The van der Waals surface area contributed by atoms with Gasteiger partial charge in [-0.25, -0.2) is 4.98 Å². The highest BCUT2D eigenvalue weighted by Gasteiger charge is 2.36. The number of hydrogen-bond donors (Lipinski definition) is 0. The van der Waals surface area contributed by atoms with Crippen LogP contribution in [-0.4, -0.2) is 18.1 Å². The number of hydrogen-bond acceptors (Lipinski definition) is 4. The molecular weight excluding hydrogens is 246 g/mol. The van der Waals surface area contributed by atoms with Gasteiger partial charge in [-0.15, -0.1) is 11.3 Å². The smallest absolute Gasteiger partial charge is 0.316 e. The fourth-order valence-electron chi connectivity index (χ4n) is 2.69. The molecule has 0 unspecified atom stereocenters. The summed E-state index contributed by atoms with van der Waals surface area (Å²) in [5, 5.41) is 1.21. The number of thiazole rings is 1. The van der Waals surface area contributed by atoms with Gasteiger partial charge in [0.1, 0.15) is 0 Å². The fraction of sp³-hybridized carbons (Fsp3) is 0.714. The Morgan fingerprint density at radius 3 is 2.56 bits per heavy atom. The zero-order chi connectivity index (χ0) is 13.3. The molecule has 1 aromatic heterocycles. The molecule has 1 aliphatic rings. The van der Waals surface area contributed by atoms with Crippen LogP contribution in [0, 0.1) is 6.92 Å². The van der Waals surface area contributed by atoms with Gasteiger partial charge in [0.15, 0.2) is 0 Å². The third-order valence-electron chi connectivity index (χ3n) is 3.78. The predicted octanol–water partition coefficient (Wildman–Crippen LogP) is 3.56. The standard InChI is InChI=1S/C14H21NO2S/c1-9-11(14(2,3)13(16)17-4)18-12(15-9)10-7-5-6-8-10/h10H,5-8H2,1-4H3. The minimum Gasteiger partial charge on any atom is -0.468 e. The van der Waals surface area contributed by atoms with Crippen LogP contribution < -0.4 is 0 Å². The lowest BCUT2D eigenvalue weighted by Gasteiger charge is -2.20. The molecule has 0 spiro atoms. The molecule has 1 aliphatic carbocycles. The average Bonchev–Trinajstić information content (AvgIpc) is 2.96. The van der Waals surface area contributed by atoms with E-state index in [2.05, 4.69) is 4.98 Å². The topological polar surface area (TPSA) is 39.2 Å². The highest BCUT2D eigenvalue weighted by atomic mass is 32.1. The highest BCUT2D eigenvalue weighted by molar-refractivity contribution is 7.12. The first-order valence-corrected chi connectivity index (χ1v) is 7.34. The van der Waals surface area contributed by atoms with Crippen molar-refractivity contribution in [1.82, 2.24) is 4.98 Å². The van der Waals surface area contributed by atoms with Gasteiger partial charge in [0, 0.05) is 10.8 Å². The number of nitrogens with zero attached hydrogens (tertiary/aromatic N) is 1. The van der Waals surface area contributed by atoms with Gasteiger partial charge >= 0.3 is 5.97 Å². The molecule has 0 bridgehead atoms. The third kappa shape index (κ3) is 2.30. The summed E-state index contributed by atoms with van der Waals surface area (Å²) >= 11 is 1.70. The highest BCUT2D eigenvalue weighted by Crippen LogP contribution is 2.40. The van der Waals surface area contributed by atoms with E-state index in [1.165, 1.54) is 37.8 Å². The van der Waals surface area contributed by atoms with Crippen LogP contribution in [0.2, 0.25) is 0 Å². The minimum absolute atomic E-state index is 0.188. The molecular formula is C14H21NO2S. The van der Waals surface area contributed by atoms with Crippen molar-refractivity contribution in [3.63, 3.8) is 0 Å². The average molecular weight is 267 g/mol. The Bertz CT molecular complexity index is 445. The summed E-state index contributed by atoms with van der Waals surface area (Å²) in [5.74, 6) is 0.420. The van der Waals surface area contributed by atoms with Crippen molar-refractivity contribution in [2.45, 2.75) is 57.8 Å². The van der Waals surface area contributed by atoms with Crippen molar-refractivity contribution < 1.29 is 9.53 Å². The molecule has 1 fully saturated rings. The molecule has 0 amide bonds. The van der Waals surface area contributed by atoms with Crippen LogP contribution in [0.1, 0.15) is 61.0 Å². The summed E-state index contributed by atoms with van der Waals surface area (Å²) in [4.78, 5) is 17.6. The maximum absolute atomic E-state index is 11.9. The van der Waals surface area contributed by atoms with Crippen LogP contribution in [0.15, 0.2) is 0 Å². The van der Waals surface area contributed by atoms with Gasteiger partial charge in [0.2, 0.25) is 0 Å². The Morgan fingerprint density at radius 2 is 2.00 bits per heavy atom. The van der Waals surface area contributed by atoms with E-state index in [1.54, 1.807) is 11.3 Å². The monoisotopic (exact) mass is 267 g/mol. The number of aryl methyl sites for hydroxylation is 1. The molecule has 1 aromatic rings. The number of aromatic nitrogens is 1. The van der Waals surface area contributed by atoms with Crippen LogP contribution in [0.4, 0.5) is 0 Å². The predicted molar refractivity (Wildman–Crippen MR) is 73.1 cm³/mol. The van der Waals surface area contributed by atoms with Crippen LogP contribution >= 0.6 is 11.3 Å². The molecule has 18 heavy (non-hydrogen) atoms. The molecule has 3 nitrogen and oxygen atoms in total. The number of carbonyl (C=O) groups excluding carboxylic acids is 1. The van der Waals surface area contributed by atoms with Crippen molar-refractivity contribution in [1.29, 1.82) is 0 Å². The lowest BCUT2D eigenvalue weighted by Crippen LogP contribution is -2.29. The first-order valence-electron chi connectivity index (χ1n) is 6.53. The van der Waals surface area contributed by atoms with Crippen molar-refractivity contribution in [3.8, 4) is 0 Å². The quantitative estimate of drug-likeness (QED) is 0.786. The molecule has 0 aromatic carbocycles. The Labute approximate surface area is 113 Å². The van der Waals surface area contributed by atoms with Crippen molar-refractivity contribution in [2.75, 3.05) is 7.11 Å². The van der Waals surface area contributed by atoms with Crippen molar-refractivity contribution in [2.24, 2.45) is 0 Å². The fourth-order valence-corrected chi connectivity index (χ4v) is 4.02. The molecule has 0 saturated heterocycles. The number of rotatable bonds is 3. The number of carbonyl (C=O) groups is 1. The van der Waals surface area contributed by atoms with E-state index < -0.39 is 5.41 Å². The minimum atomic E-state index is -0.590. The summed E-state index contributed by atoms with van der Waals surface area (Å²) in [5.41, 5.74) is 0.394. The zero-order valence-electron chi connectivity index (χ0n) is 11.6. The maximum Gasteiger partial charge on any atom is 0.316 e. The summed E-state index contributed by atoms with van der Waals surface area (Å²) in [6.07, 6.45) is 5.09. The molecule has 0 radical (unpaired) electrons. The van der Waals surface area contributed by atoms with E-state index in [0.717, 1.165) is 10.6 Å². The van der Waals surface area contributed by atoms with Gasteiger partial charge < -0.3 is 4.74 Å². The SMILES string of the molecule is COC(=O)C(C)(C)c1sc(C2CCCC2)nc1C. The lowest BCUT2D eigenvalue weighted by molar-refractivity contribution is -0.146. The third-order valence-corrected chi connectivity index (χ3v) is 5.42. The van der Waals surface area contributed by atoms with E-state index in [-0.39, 0.29) is 5.97 Å². The molecule has 1 heterocycles. The molecule has 0 atom stereocenters. The second-order valence-corrected chi connectivity index (χ2v) is 6.60.